The number of fused-ring (bicyclic) bond motifs is 1. The van der Waals surface area contributed by atoms with Gasteiger partial charge in [0, 0.05) is 43.7 Å². The molecule has 0 N–H and O–H groups in total. The van der Waals surface area contributed by atoms with Crippen LogP contribution in [0.2, 0.25) is 0 Å². The molecular formula is C27H26BrIN2O3SU. The number of halogens is 2. The Balaban J connectivity index is 0.00000148. The van der Waals surface area contributed by atoms with Gasteiger partial charge in [-0.2, -0.15) is 6.92 Å². The summed E-state index contributed by atoms with van der Waals surface area (Å²) in [5, 5.41) is 0.246. The molecule has 0 aliphatic carbocycles. The Morgan fingerprint density at radius 1 is 1.11 bits per heavy atom. The van der Waals surface area contributed by atoms with E-state index in [1.54, 1.807) is 11.5 Å². The van der Waals surface area contributed by atoms with Crippen molar-refractivity contribution in [1.29, 1.82) is 0 Å². The molecule has 0 spiro atoms. The van der Waals surface area contributed by atoms with Gasteiger partial charge in [0.1, 0.15) is 0 Å². The first-order chi connectivity index (χ1) is 16.7. The molecule has 2 heterocycles. The van der Waals surface area contributed by atoms with Crippen molar-refractivity contribution < 1.29 is 35.5 Å². The monoisotopic (exact) mass is 902 g/mol. The number of anilines is 1. The molecule has 0 amide bonds. The first-order valence-corrected chi connectivity index (χ1v) is 13.6. The summed E-state index contributed by atoms with van der Waals surface area (Å²) in [6.07, 6.45) is 0. The first-order valence-electron chi connectivity index (χ1n) is 10.9. The molecule has 4 rings (SSSR count). The summed E-state index contributed by atoms with van der Waals surface area (Å²) in [6, 6.07) is 18.6. The fourth-order valence-corrected chi connectivity index (χ4v) is 5.86. The van der Waals surface area contributed by atoms with Crippen LogP contribution in [0.5, 0.6) is 0 Å². The summed E-state index contributed by atoms with van der Waals surface area (Å²) in [7, 11) is 3.93. The van der Waals surface area contributed by atoms with Crippen molar-refractivity contribution in [3.05, 3.63) is 90.3 Å². The zero-order valence-electron chi connectivity index (χ0n) is 20.7. The van der Waals surface area contributed by atoms with E-state index < -0.39 is 5.63 Å². The predicted molar refractivity (Wildman–Crippen MR) is 158 cm³/mol. The molecule has 0 saturated heterocycles. The predicted octanol–water partition coefficient (Wildman–Crippen LogP) is 7.43. The molecule has 0 radical (unpaired) electrons. The van der Waals surface area contributed by atoms with Crippen LogP contribution in [0.3, 0.4) is 0 Å². The molecule has 0 unspecified atom stereocenters. The van der Waals surface area contributed by atoms with Gasteiger partial charge in [0.2, 0.25) is 0 Å². The minimum absolute atomic E-state index is 0. The van der Waals surface area contributed by atoms with E-state index >= 15 is 0 Å². The quantitative estimate of drug-likeness (QED) is 0.154. The summed E-state index contributed by atoms with van der Waals surface area (Å²) in [5.74, 6) is 0. The number of nitrogens with zero attached hydrogens (tertiary/aromatic N) is 2. The van der Waals surface area contributed by atoms with Crippen LogP contribution in [0.25, 0.3) is 22.2 Å². The Bertz CT molecular complexity index is 1480. The van der Waals surface area contributed by atoms with Crippen LogP contribution < -0.4 is 16.1 Å². The maximum atomic E-state index is 13.6. The third-order valence-corrected chi connectivity index (χ3v) is 7.46. The van der Waals surface area contributed by atoms with Gasteiger partial charge in [-0.1, -0.05) is 34.1 Å². The Morgan fingerprint density at radius 3 is 2.39 bits per heavy atom. The van der Waals surface area contributed by atoms with E-state index in [0.717, 1.165) is 19.7 Å². The minimum atomic E-state index is -0.526. The molecule has 0 bridgehead atoms. The van der Waals surface area contributed by atoms with Crippen molar-refractivity contribution in [3.63, 3.8) is 0 Å². The van der Waals surface area contributed by atoms with Crippen molar-refractivity contribution in [2.24, 2.45) is 0 Å². The zero-order valence-corrected chi connectivity index (χ0v) is 29.4. The van der Waals surface area contributed by atoms with Crippen LogP contribution >= 0.6 is 50.3 Å². The summed E-state index contributed by atoms with van der Waals surface area (Å²) < 4.78 is 9.03. The molecule has 4 aromatic rings. The summed E-state index contributed by atoms with van der Waals surface area (Å²) in [5.41, 5.74) is 1.95. The van der Waals surface area contributed by atoms with E-state index in [4.69, 9.17) is 4.42 Å². The van der Waals surface area contributed by atoms with Crippen LogP contribution in [0.1, 0.15) is 26.8 Å². The van der Waals surface area contributed by atoms with E-state index in [1.165, 1.54) is 11.8 Å². The van der Waals surface area contributed by atoms with Gasteiger partial charge in [-0.15, -0.1) is 17.8 Å². The van der Waals surface area contributed by atoms with E-state index in [2.05, 4.69) is 51.5 Å². The Morgan fingerprint density at radius 2 is 1.78 bits per heavy atom. The number of benzene rings is 2. The third-order valence-electron chi connectivity index (χ3n) is 5.09. The van der Waals surface area contributed by atoms with Crippen LogP contribution in [-0.2, 0) is 0 Å². The molecule has 2 aromatic heterocycles. The SMILES string of the molecule is CC(C)n1c(-c2cccc(N(C)C)c2)c(Br)c2oc(=O)c(Sc3cccc(I)c3)[c-]c2c1=O.[CH2-]C.[U+2]. The first kappa shape index (κ1) is 31.2. The molecule has 0 aliphatic rings. The molecule has 0 fully saturated rings. The van der Waals surface area contributed by atoms with Crippen LogP contribution in [-0.4, -0.2) is 18.7 Å². The molecule has 9 heteroatoms. The van der Waals surface area contributed by atoms with Crippen LogP contribution in [0.15, 0.2) is 76.8 Å². The van der Waals surface area contributed by atoms with Crippen LogP contribution in [0.4, 0.5) is 5.69 Å². The number of pyridine rings is 1. The van der Waals surface area contributed by atoms with Gasteiger partial charge in [-0.3, -0.25) is 0 Å². The molecule has 0 saturated carbocycles. The van der Waals surface area contributed by atoms with Crippen LogP contribution in [0, 0.1) is 47.7 Å². The van der Waals surface area contributed by atoms with Gasteiger partial charge >= 0.3 is 31.1 Å². The van der Waals surface area contributed by atoms with Gasteiger partial charge in [0.05, 0.1) is 11.3 Å². The third kappa shape index (κ3) is 6.71. The molecule has 5 nitrogen and oxygen atoms in total. The fourth-order valence-electron chi connectivity index (χ4n) is 3.56. The zero-order chi connectivity index (χ0) is 25.9. The molecule has 0 atom stereocenters. The number of hydrogen-bond acceptors (Lipinski definition) is 5. The number of rotatable bonds is 5. The average molecular weight is 903 g/mol. The van der Waals surface area contributed by atoms with Crippen molar-refractivity contribution >= 4 is 66.9 Å². The van der Waals surface area contributed by atoms with Gasteiger partial charge in [0.15, 0.2) is 5.56 Å². The summed E-state index contributed by atoms with van der Waals surface area (Å²) >= 11 is 7.10. The van der Waals surface area contributed by atoms with Gasteiger partial charge in [0.25, 0.3) is 5.63 Å². The molecule has 186 valence electrons. The Hall–Kier alpha value is -0.988. The number of hydrogen-bond donors (Lipinski definition) is 0. The fraction of sp³-hybridized carbons (Fsp3) is 0.222. The Kier molecular flexibility index (Phi) is 11.9. The second-order valence-corrected chi connectivity index (χ2v) is 11.1. The normalized spacial score (nSPS) is 10.6. The number of aromatic nitrogens is 1. The summed E-state index contributed by atoms with van der Waals surface area (Å²) in [4.78, 5) is 29.6. The van der Waals surface area contributed by atoms with E-state index in [1.807, 2.05) is 81.4 Å². The molecule has 2 aromatic carbocycles. The second-order valence-electron chi connectivity index (χ2n) is 7.98. The smallest absolute Gasteiger partial charge is 0.513 e. The van der Waals surface area contributed by atoms with Crippen molar-refractivity contribution in [1.82, 2.24) is 4.57 Å². The van der Waals surface area contributed by atoms with Gasteiger partial charge in [-0.05, 0) is 77.7 Å². The average Bonchev–Trinajstić information content (AvgIpc) is 2.83. The van der Waals surface area contributed by atoms with Gasteiger partial charge < -0.3 is 30.4 Å². The topological polar surface area (TPSA) is 55.5 Å². The Labute approximate surface area is 261 Å². The molecule has 36 heavy (non-hydrogen) atoms. The van der Waals surface area contributed by atoms with E-state index in [9.17, 15) is 9.59 Å². The maximum Gasteiger partial charge on any atom is 2.00 e. The second kappa shape index (κ2) is 13.7. The van der Waals surface area contributed by atoms with E-state index in [0.29, 0.717) is 10.2 Å². The minimum Gasteiger partial charge on any atom is -0.513 e. The standard InChI is InChI=1S/C25H21BrIN2O3S.C2H5.U/c1-14(2)29-22(15-7-5-9-17(11-15)28(3)4)21(26)23-19(24(29)30)13-20(25(31)32-23)33-18-10-6-8-16(27)12-18;1-2;/h5-12,14H,1-4H3;1H2,2H3;/q2*-1;+2. The largest absolute Gasteiger partial charge is 2.00 e. The molecular weight excluding hydrogens is 877 g/mol. The maximum absolute atomic E-state index is 13.6. The molecule has 0 aliphatic heterocycles. The van der Waals surface area contributed by atoms with Crippen molar-refractivity contribution in [2.45, 2.75) is 36.6 Å². The van der Waals surface area contributed by atoms with Gasteiger partial charge in [-0.25, -0.2) is 0 Å². The summed E-state index contributed by atoms with van der Waals surface area (Å²) in [6.45, 7) is 8.92. The van der Waals surface area contributed by atoms with Crippen molar-refractivity contribution in [3.8, 4) is 11.3 Å². The van der Waals surface area contributed by atoms with E-state index in [-0.39, 0.29) is 58.6 Å². The van der Waals surface area contributed by atoms with Crippen molar-refractivity contribution in [2.75, 3.05) is 19.0 Å².